The number of rotatable bonds is 8. The topological polar surface area (TPSA) is 129 Å². The first-order chi connectivity index (χ1) is 21.7. The third-order valence-electron chi connectivity index (χ3n) is 9.00. The number of furan rings is 1. The van der Waals surface area contributed by atoms with Gasteiger partial charge in [0.05, 0.1) is 23.7 Å². The van der Waals surface area contributed by atoms with Gasteiger partial charge in [0.15, 0.2) is 17.2 Å². The van der Waals surface area contributed by atoms with E-state index in [1.165, 1.54) is 36.7 Å². The first-order valence-corrected chi connectivity index (χ1v) is 16.5. The SMILES string of the molecule is CCOC(=O)[C@@H]1C2CCC(CC2)[C@H]1Nc1cc(-c2ccco2)nc(-c2cn(S(=O)(=O)c3ccc(C)cc3)c3nc(F)ccc23)n1. The van der Waals surface area contributed by atoms with Crippen LogP contribution in [0.15, 0.2) is 76.4 Å². The molecule has 45 heavy (non-hydrogen) atoms. The van der Waals surface area contributed by atoms with E-state index < -0.39 is 16.0 Å². The highest BCUT2D eigenvalue weighted by atomic mass is 32.2. The number of halogens is 1. The number of aryl methyl sites for hydroxylation is 1. The van der Waals surface area contributed by atoms with Crippen molar-refractivity contribution in [2.45, 2.75) is 50.5 Å². The van der Waals surface area contributed by atoms with E-state index in [1.807, 2.05) is 13.8 Å². The van der Waals surface area contributed by atoms with Crippen LogP contribution in [0.5, 0.6) is 0 Å². The second-order valence-electron chi connectivity index (χ2n) is 11.7. The molecule has 3 aliphatic rings. The number of aromatic nitrogens is 4. The van der Waals surface area contributed by atoms with Gasteiger partial charge in [-0.3, -0.25) is 4.79 Å². The van der Waals surface area contributed by atoms with Gasteiger partial charge in [0.1, 0.15) is 11.5 Å². The Labute approximate surface area is 259 Å². The van der Waals surface area contributed by atoms with Crippen molar-refractivity contribution in [3.8, 4) is 22.8 Å². The maximum atomic E-state index is 14.5. The molecule has 0 aliphatic heterocycles. The summed E-state index contributed by atoms with van der Waals surface area (Å²) in [6, 6.07) is 14.1. The second kappa shape index (κ2) is 11.4. The molecule has 1 N–H and O–H groups in total. The molecule has 0 radical (unpaired) electrons. The highest BCUT2D eigenvalue weighted by molar-refractivity contribution is 7.90. The number of carbonyl (C=O) groups is 1. The van der Waals surface area contributed by atoms with Crippen molar-refractivity contribution < 1.29 is 26.8 Å². The highest BCUT2D eigenvalue weighted by Gasteiger charge is 2.48. The summed E-state index contributed by atoms with van der Waals surface area (Å²) in [6.45, 7) is 3.98. The fourth-order valence-corrected chi connectivity index (χ4v) is 8.15. The zero-order valence-corrected chi connectivity index (χ0v) is 25.6. The van der Waals surface area contributed by atoms with Gasteiger partial charge in [0.2, 0.25) is 5.95 Å². The third kappa shape index (κ3) is 5.26. The van der Waals surface area contributed by atoms with Crippen molar-refractivity contribution in [3.63, 3.8) is 0 Å². The first kappa shape index (κ1) is 29.1. The van der Waals surface area contributed by atoms with E-state index in [0.717, 1.165) is 35.2 Å². The predicted molar refractivity (Wildman–Crippen MR) is 165 cm³/mol. The van der Waals surface area contributed by atoms with Crippen molar-refractivity contribution >= 4 is 32.8 Å². The molecule has 3 fully saturated rings. The average molecular weight is 630 g/mol. The van der Waals surface area contributed by atoms with Crippen LogP contribution in [0.4, 0.5) is 10.2 Å². The van der Waals surface area contributed by atoms with Gasteiger partial charge in [-0.2, -0.15) is 4.39 Å². The van der Waals surface area contributed by atoms with Crippen molar-refractivity contribution in [1.82, 2.24) is 18.9 Å². The monoisotopic (exact) mass is 629 g/mol. The summed E-state index contributed by atoms with van der Waals surface area (Å²) in [5.74, 6) is 0.282. The number of nitrogens with one attached hydrogen (secondary N) is 1. The number of pyridine rings is 1. The fourth-order valence-electron chi connectivity index (χ4n) is 6.83. The Morgan fingerprint density at radius 3 is 2.51 bits per heavy atom. The molecule has 5 aromatic rings. The lowest BCUT2D eigenvalue weighted by Gasteiger charge is -2.47. The largest absolute Gasteiger partial charge is 0.466 e. The van der Waals surface area contributed by atoms with Gasteiger partial charge in [0.25, 0.3) is 10.0 Å². The highest BCUT2D eigenvalue weighted by Crippen LogP contribution is 2.47. The third-order valence-corrected chi connectivity index (χ3v) is 10.7. The summed E-state index contributed by atoms with van der Waals surface area (Å²) in [5.41, 5.74) is 1.62. The van der Waals surface area contributed by atoms with Gasteiger partial charge in [-0.05, 0) is 87.8 Å². The smallest absolute Gasteiger partial charge is 0.311 e. The van der Waals surface area contributed by atoms with Crippen LogP contribution in [-0.2, 0) is 19.6 Å². The Kier molecular flexibility index (Phi) is 7.39. The number of fused-ring (bicyclic) bond motifs is 4. The Hall–Kier alpha value is -4.58. The van der Waals surface area contributed by atoms with Crippen LogP contribution in [-0.4, -0.2) is 46.0 Å². The molecule has 0 spiro atoms. The van der Waals surface area contributed by atoms with Gasteiger partial charge >= 0.3 is 5.97 Å². The zero-order valence-electron chi connectivity index (χ0n) is 24.8. The Morgan fingerprint density at radius 2 is 1.80 bits per heavy atom. The summed E-state index contributed by atoms with van der Waals surface area (Å²) in [5, 5.41) is 3.90. The molecular formula is C33H32FN5O5S. The zero-order chi connectivity index (χ0) is 31.3. The predicted octanol–water partition coefficient (Wildman–Crippen LogP) is 6.22. The number of anilines is 1. The van der Waals surface area contributed by atoms with Crippen LogP contribution < -0.4 is 5.32 Å². The molecule has 1 aromatic carbocycles. The lowest BCUT2D eigenvalue weighted by atomic mass is 9.61. The van der Waals surface area contributed by atoms with E-state index in [1.54, 1.807) is 30.3 Å². The minimum Gasteiger partial charge on any atom is -0.466 e. The van der Waals surface area contributed by atoms with Crippen molar-refractivity contribution in [1.29, 1.82) is 0 Å². The molecule has 0 saturated heterocycles. The van der Waals surface area contributed by atoms with Gasteiger partial charge in [-0.25, -0.2) is 27.3 Å². The van der Waals surface area contributed by atoms with Crippen LogP contribution in [0.2, 0.25) is 0 Å². The van der Waals surface area contributed by atoms with Gasteiger partial charge < -0.3 is 14.5 Å². The summed E-state index contributed by atoms with van der Waals surface area (Å²) in [7, 11) is -4.15. The second-order valence-corrected chi connectivity index (χ2v) is 13.5. The molecular weight excluding hydrogens is 597 g/mol. The Bertz CT molecular complexity index is 1980. The van der Waals surface area contributed by atoms with Crippen LogP contribution >= 0.6 is 0 Å². The van der Waals surface area contributed by atoms with Crippen molar-refractivity contribution in [2.75, 3.05) is 11.9 Å². The summed E-state index contributed by atoms with van der Waals surface area (Å²) in [4.78, 5) is 26.7. The number of hydrogen-bond acceptors (Lipinski definition) is 9. The quantitative estimate of drug-likeness (QED) is 0.157. The molecule has 8 rings (SSSR count). The van der Waals surface area contributed by atoms with Crippen LogP contribution in [0.1, 0.15) is 38.2 Å². The molecule has 2 bridgehead atoms. The Morgan fingerprint density at radius 1 is 1.04 bits per heavy atom. The minimum absolute atomic E-state index is 0.0348. The standard InChI is InChI=1S/C33H32FN5O5S/c1-3-43-33(40)29-20-8-10-21(11-9-20)30(29)37-28-17-25(26-5-4-16-44-26)35-31(38-28)24-18-39(32-23(24)14-15-27(34)36-32)45(41,42)22-12-6-19(2)7-13-22/h4-7,12-18,20-21,29-30H,3,8-11H2,1-2H3,(H,35,37,38)/t20?,21?,29-,30-/m1/s1. The van der Waals surface area contributed by atoms with E-state index in [0.29, 0.717) is 34.8 Å². The lowest BCUT2D eigenvalue weighted by Crippen LogP contribution is -2.52. The molecule has 12 heteroatoms. The maximum absolute atomic E-state index is 14.5. The summed E-state index contributed by atoms with van der Waals surface area (Å²) < 4.78 is 54.2. The molecule has 0 amide bonds. The van der Waals surface area contributed by atoms with Crippen LogP contribution in [0, 0.1) is 30.6 Å². The molecule has 0 unspecified atom stereocenters. The minimum atomic E-state index is -4.15. The number of hydrogen-bond donors (Lipinski definition) is 1. The molecule has 4 aromatic heterocycles. The number of benzene rings is 1. The molecule has 4 heterocycles. The summed E-state index contributed by atoms with van der Waals surface area (Å²) >= 11 is 0. The fraction of sp³-hybridized carbons (Fsp3) is 0.333. The lowest BCUT2D eigenvalue weighted by molar-refractivity contribution is -0.154. The first-order valence-electron chi connectivity index (χ1n) is 15.1. The van der Waals surface area contributed by atoms with E-state index in [-0.39, 0.29) is 46.1 Å². The number of esters is 1. The van der Waals surface area contributed by atoms with E-state index in [9.17, 15) is 17.6 Å². The molecule has 3 saturated carbocycles. The van der Waals surface area contributed by atoms with Gasteiger partial charge in [-0.15, -0.1) is 0 Å². The van der Waals surface area contributed by atoms with Crippen molar-refractivity contribution in [2.24, 2.45) is 17.8 Å². The number of carbonyl (C=O) groups excluding carboxylic acids is 1. The van der Waals surface area contributed by atoms with Crippen molar-refractivity contribution in [3.05, 3.63) is 78.6 Å². The molecule has 3 aliphatic carbocycles. The molecule has 2 atom stereocenters. The van der Waals surface area contributed by atoms with E-state index in [2.05, 4.69) is 10.3 Å². The molecule has 232 valence electrons. The number of nitrogens with zero attached hydrogens (tertiary/aromatic N) is 4. The normalized spacial score (nSPS) is 21.2. The Balaban J connectivity index is 1.36. The van der Waals surface area contributed by atoms with E-state index in [4.69, 9.17) is 19.1 Å². The van der Waals surface area contributed by atoms with Gasteiger partial charge in [0, 0.05) is 29.3 Å². The maximum Gasteiger partial charge on any atom is 0.311 e. The van der Waals surface area contributed by atoms with Crippen LogP contribution in [0.25, 0.3) is 33.9 Å². The van der Waals surface area contributed by atoms with Crippen LogP contribution in [0.3, 0.4) is 0 Å². The summed E-state index contributed by atoms with van der Waals surface area (Å²) in [6.07, 6.45) is 6.88. The van der Waals surface area contributed by atoms with Gasteiger partial charge in [-0.1, -0.05) is 17.7 Å². The number of ether oxygens (including phenoxy) is 1. The van der Waals surface area contributed by atoms with E-state index >= 15 is 0 Å². The average Bonchev–Trinajstić information content (AvgIpc) is 3.71. The molecule has 10 nitrogen and oxygen atoms in total.